The van der Waals surface area contributed by atoms with E-state index in [1.54, 1.807) is 6.92 Å². The van der Waals surface area contributed by atoms with E-state index in [2.05, 4.69) is 0 Å². The summed E-state index contributed by atoms with van der Waals surface area (Å²) in [5, 5.41) is 7.42. The number of ether oxygens (including phenoxy) is 2. The molecule has 20 heavy (non-hydrogen) atoms. The predicted molar refractivity (Wildman–Crippen MR) is 77.4 cm³/mol. The number of nitrogens with two attached hydrogens (primary N) is 1. The molecule has 0 aromatic rings. The van der Waals surface area contributed by atoms with Gasteiger partial charge < -0.3 is 20.3 Å². The average molecular weight is 291 g/mol. The summed E-state index contributed by atoms with van der Waals surface area (Å²) in [6.45, 7) is 14.1. The second kappa shape index (κ2) is 8.21. The number of carbonyl (C=O) groups is 2. The molecule has 3 N–H and O–H groups in total. The van der Waals surface area contributed by atoms with Crippen LogP contribution in [0.5, 0.6) is 0 Å². The molecule has 0 heterocycles. The Morgan fingerprint density at radius 3 is 1.65 bits per heavy atom. The predicted octanol–water partition coefficient (Wildman–Crippen LogP) is 1.95. The third kappa shape index (κ3) is 14.9. The van der Waals surface area contributed by atoms with E-state index >= 15 is 0 Å². The number of hydrogen-bond donors (Lipinski definition) is 2. The average Bonchev–Trinajstić information content (AvgIpc) is 2.09. The van der Waals surface area contributed by atoms with Crippen molar-refractivity contribution >= 4 is 11.9 Å². The first-order valence-corrected chi connectivity index (χ1v) is 6.51. The molecule has 0 radical (unpaired) electrons. The summed E-state index contributed by atoms with van der Waals surface area (Å²) < 4.78 is 10.8. The minimum absolute atomic E-state index is 0.320. The first-order chi connectivity index (χ1) is 8.65. The van der Waals surface area contributed by atoms with E-state index in [0.29, 0.717) is 0 Å². The highest BCUT2D eigenvalue weighted by Gasteiger charge is 2.29. The van der Waals surface area contributed by atoms with Crippen LogP contribution in [0, 0.1) is 0 Å². The van der Waals surface area contributed by atoms with Crippen molar-refractivity contribution in [1.29, 1.82) is 0 Å². The number of hydrogen-bond acceptors (Lipinski definition) is 5. The van der Waals surface area contributed by atoms with Crippen LogP contribution in [0.4, 0.5) is 0 Å². The fourth-order valence-electron chi connectivity index (χ4n) is 1.19. The molecular formula is C14H29NO5. The Morgan fingerprint density at radius 2 is 1.40 bits per heavy atom. The lowest BCUT2D eigenvalue weighted by Gasteiger charge is -2.29. The monoisotopic (exact) mass is 291 g/mol. The molecule has 0 rings (SSSR count). The van der Waals surface area contributed by atoms with Gasteiger partial charge in [-0.3, -0.25) is 9.59 Å². The van der Waals surface area contributed by atoms with Crippen LogP contribution in [0.25, 0.3) is 0 Å². The molecule has 6 heteroatoms. The minimum Gasteiger partial charge on any atom is -0.481 e. The fourth-order valence-corrected chi connectivity index (χ4v) is 1.19. The normalized spacial score (nSPS) is 14.7. The fraction of sp³-hybridized carbons (Fsp3) is 0.857. The maximum absolute atomic E-state index is 11.7. The van der Waals surface area contributed by atoms with E-state index in [4.69, 9.17) is 25.1 Å². The molecule has 2 unspecified atom stereocenters. The summed E-state index contributed by atoms with van der Waals surface area (Å²) in [5.41, 5.74) is 4.94. The van der Waals surface area contributed by atoms with Gasteiger partial charge in [-0.05, 0) is 48.5 Å². The van der Waals surface area contributed by atoms with Gasteiger partial charge in [0.05, 0.1) is 11.7 Å². The van der Waals surface area contributed by atoms with Gasteiger partial charge in [0.2, 0.25) is 0 Å². The molecule has 0 spiro atoms. The van der Waals surface area contributed by atoms with E-state index in [0.717, 1.165) is 6.92 Å². The lowest BCUT2D eigenvalue weighted by Crippen LogP contribution is -2.47. The lowest BCUT2D eigenvalue weighted by atomic mass is 10.1. The van der Waals surface area contributed by atoms with Crippen LogP contribution in [0.1, 0.15) is 55.4 Å². The zero-order chi connectivity index (χ0) is 16.7. The highest BCUT2D eigenvalue weighted by atomic mass is 16.6. The zero-order valence-electron chi connectivity index (χ0n) is 13.8. The van der Waals surface area contributed by atoms with Crippen molar-refractivity contribution in [2.24, 2.45) is 5.73 Å². The standard InChI is InChI=1S/C12H25NO3.C2H4O2/c1-8(15-11(2,3)4)9(13)10(14)16-12(5,6)7;1-2(3)4/h8-9H,13H2,1-7H3;1H3,(H,3,4). The molecule has 0 fully saturated rings. The Bertz CT molecular complexity index is 311. The SMILES string of the molecule is CC(=O)O.CC(OC(C)(C)C)C(N)C(=O)OC(C)(C)C. The van der Waals surface area contributed by atoms with Crippen LogP contribution in [0.15, 0.2) is 0 Å². The third-order valence-corrected chi connectivity index (χ3v) is 1.72. The highest BCUT2D eigenvalue weighted by Crippen LogP contribution is 2.15. The van der Waals surface area contributed by atoms with Gasteiger partial charge in [0.15, 0.2) is 0 Å². The molecule has 120 valence electrons. The number of carbonyl (C=O) groups excluding carboxylic acids is 1. The molecule has 0 aliphatic carbocycles. The second-order valence-electron chi connectivity index (χ2n) is 6.51. The van der Waals surface area contributed by atoms with Gasteiger partial charge in [0, 0.05) is 6.92 Å². The van der Waals surface area contributed by atoms with E-state index in [1.165, 1.54) is 0 Å². The van der Waals surface area contributed by atoms with Gasteiger partial charge in [-0.1, -0.05) is 0 Å². The maximum atomic E-state index is 11.7. The quantitative estimate of drug-likeness (QED) is 0.771. The summed E-state index contributed by atoms with van der Waals surface area (Å²) >= 11 is 0. The molecule has 0 saturated heterocycles. The minimum atomic E-state index is -0.833. The Morgan fingerprint density at radius 1 is 1.05 bits per heavy atom. The molecular weight excluding hydrogens is 262 g/mol. The van der Waals surface area contributed by atoms with Crippen molar-refractivity contribution in [2.75, 3.05) is 0 Å². The van der Waals surface area contributed by atoms with Crippen LogP contribution in [0.2, 0.25) is 0 Å². The van der Waals surface area contributed by atoms with Crippen molar-refractivity contribution in [1.82, 2.24) is 0 Å². The highest BCUT2D eigenvalue weighted by molar-refractivity contribution is 5.76. The van der Waals surface area contributed by atoms with E-state index in [-0.39, 0.29) is 11.7 Å². The first kappa shape index (κ1) is 21.2. The van der Waals surface area contributed by atoms with E-state index < -0.39 is 23.6 Å². The van der Waals surface area contributed by atoms with Crippen molar-refractivity contribution in [3.8, 4) is 0 Å². The molecule has 0 saturated carbocycles. The van der Waals surface area contributed by atoms with Gasteiger partial charge in [0.25, 0.3) is 5.97 Å². The molecule has 6 nitrogen and oxygen atoms in total. The molecule has 0 aliphatic rings. The summed E-state index contributed by atoms with van der Waals surface area (Å²) in [7, 11) is 0. The molecule has 0 aromatic heterocycles. The number of carboxylic acid groups (broad SMARTS) is 1. The summed E-state index contributed by atoms with van der Waals surface area (Å²) in [4.78, 5) is 20.7. The largest absolute Gasteiger partial charge is 0.481 e. The Balaban J connectivity index is 0. The molecule has 0 bridgehead atoms. The lowest BCUT2D eigenvalue weighted by molar-refractivity contribution is -0.162. The summed E-state index contributed by atoms with van der Waals surface area (Å²) in [5.74, 6) is -1.26. The summed E-state index contributed by atoms with van der Waals surface area (Å²) in [6, 6.07) is -0.751. The van der Waals surface area contributed by atoms with Crippen molar-refractivity contribution in [3.05, 3.63) is 0 Å². The van der Waals surface area contributed by atoms with Gasteiger partial charge in [-0.2, -0.15) is 0 Å². The number of carboxylic acids is 1. The van der Waals surface area contributed by atoms with E-state index in [1.807, 2.05) is 41.5 Å². The van der Waals surface area contributed by atoms with Crippen molar-refractivity contribution in [3.63, 3.8) is 0 Å². The van der Waals surface area contributed by atoms with Gasteiger partial charge in [0.1, 0.15) is 11.6 Å². The zero-order valence-corrected chi connectivity index (χ0v) is 13.8. The summed E-state index contributed by atoms with van der Waals surface area (Å²) in [6.07, 6.45) is -0.366. The van der Waals surface area contributed by atoms with Gasteiger partial charge >= 0.3 is 5.97 Å². The maximum Gasteiger partial charge on any atom is 0.326 e. The number of aliphatic carboxylic acids is 1. The van der Waals surface area contributed by atoms with E-state index in [9.17, 15) is 4.79 Å². The van der Waals surface area contributed by atoms with Crippen molar-refractivity contribution in [2.45, 2.75) is 78.7 Å². The van der Waals surface area contributed by atoms with Crippen LogP contribution in [0.3, 0.4) is 0 Å². The van der Waals surface area contributed by atoms with Crippen LogP contribution in [-0.2, 0) is 19.1 Å². The Hall–Kier alpha value is -1.14. The van der Waals surface area contributed by atoms with Crippen LogP contribution in [-0.4, -0.2) is 40.4 Å². The molecule has 0 aromatic carbocycles. The third-order valence-electron chi connectivity index (χ3n) is 1.72. The van der Waals surface area contributed by atoms with Crippen molar-refractivity contribution < 1.29 is 24.2 Å². The topological polar surface area (TPSA) is 98.9 Å². The Labute approximate surface area is 121 Å². The number of rotatable bonds is 3. The number of esters is 1. The first-order valence-electron chi connectivity index (χ1n) is 6.51. The van der Waals surface area contributed by atoms with Gasteiger partial charge in [-0.15, -0.1) is 0 Å². The Kier molecular flexibility index (Phi) is 8.69. The van der Waals surface area contributed by atoms with Crippen LogP contribution < -0.4 is 5.73 Å². The van der Waals surface area contributed by atoms with Crippen LogP contribution >= 0.6 is 0 Å². The smallest absolute Gasteiger partial charge is 0.326 e. The van der Waals surface area contributed by atoms with Gasteiger partial charge in [-0.25, -0.2) is 0 Å². The second-order valence-corrected chi connectivity index (χ2v) is 6.51. The molecule has 0 amide bonds. The molecule has 0 aliphatic heterocycles. The molecule has 2 atom stereocenters.